The first-order valence-corrected chi connectivity index (χ1v) is 11.0. The van der Waals surface area contributed by atoms with Crippen molar-refractivity contribution in [1.82, 2.24) is 29.8 Å². The van der Waals surface area contributed by atoms with E-state index in [4.69, 9.17) is 20.1 Å². The van der Waals surface area contributed by atoms with Crippen molar-refractivity contribution in [2.45, 2.75) is 25.6 Å². The van der Waals surface area contributed by atoms with Gasteiger partial charge in [0.1, 0.15) is 23.3 Å². The third kappa shape index (κ3) is 4.44. The molecular weight excluding hydrogens is 450 g/mol. The normalized spacial score (nSPS) is 17.6. The number of nitrogens with two attached hydrogens (primary N) is 1. The van der Waals surface area contributed by atoms with E-state index in [-0.39, 0.29) is 5.95 Å². The number of anilines is 1. The average Bonchev–Trinajstić information content (AvgIpc) is 3.47. The number of benzene rings is 1. The molecule has 4 heterocycles. The van der Waals surface area contributed by atoms with E-state index in [0.29, 0.717) is 53.7 Å². The predicted octanol–water partition coefficient (Wildman–Crippen LogP) is 1.48. The van der Waals surface area contributed by atoms with E-state index in [0.717, 1.165) is 11.8 Å². The monoisotopic (exact) mass is 473 g/mol. The summed E-state index contributed by atoms with van der Waals surface area (Å²) in [6.45, 7) is 4.64. The molecule has 1 aliphatic heterocycles. The molecule has 35 heavy (non-hydrogen) atoms. The van der Waals surface area contributed by atoms with Crippen molar-refractivity contribution in [2.24, 2.45) is 0 Å². The molecule has 0 aliphatic carbocycles. The van der Waals surface area contributed by atoms with E-state index in [2.05, 4.69) is 27.0 Å². The van der Waals surface area contributed by atoms with Gasteiger partial charge in [0.25, 0.3) is 0 Å². The molecule has 3 aromatic heterocycles. The van der Waals surface area contributed by atoms with Crippen LogP contribution in [-0.2, 0) is 15.1 Å². The molecule has 2 unspecified atom stereocenters. The first kappa shape index (κ1) is 22.5. The number of aliphatic hydroxyl groups is 1. The summed E-state index contributed by atoms with van der Waals surface area (Å²) >= 11 is 0. The van der Waals surface area contributed by atoms with Crippen molar-refractivity contribution in [3.63, 3.8) is 0 Å². The number of ether oxygens (including phenoxy) is 1. The Hall–Kier alpha value is -4.27. The van der Waals surface area contributed by atoms with E-state index in [1.54, 1.807) is 41.8 Å². The first-order chi connectivity index (χ1) is 16.8. The fraction of sp³-hybridized carbons (Fsp3) is 0.292. The average molecular weight is 473 g/mol. The third-order valence-electron chi connectivity index (χ3n) is 5.72. The lowest BCUT2D eigenvalue weighted by atomic mass is 10.0. The molecule has 1 aromatic carbocycles. The summed E-state index contributed by atoms with van der Waals surface area (Å²) in [4.78, 5) is 21.3. The number of hydrogen-bond donors (Lipinski definition) is 2. The number of carbonyl (C=O) groups excluding carboxylic acids is 1. The molecular formula is C24H23N7O4. The third-order valence-corrected chi connectivity index (χ3v) is 5.72. The maximum absolute atomic E-state index is 11.3. The van der Waals surface area contributed by atoms with Crippen LogP contribution >= 0.6 is 0 Å². The summed E-state index contributed by atoms with van der Waals surface area (Å²) in [7, 11) is 0. The van der Waals surface area contributed by atoms with Crippen LogP contribution in [0.25, 0.3) is 16.7 Å². The molecule has 1 aliphatic rings. The van der Waals surface area contributed by atoms with Crippen molar-refractivity contribution in [2.75, 3.05) is 25.4 Å². The molecule has 3 N–H and O–H groups in total. The standard InChI is InChI=1S/C24H23N7O4/c1-15-11-20(29-35-15)24(2,33)7-5-16-3-4-17-18(12-16)31(21-6-8-26-23(25)27-21)28-22(17)19-13-30(14-32)9-10-34-19/h3-4,6,8,11-12,14,19,33H,9-10,13H2,1-2H3,(H2,25,26,27). The maximum atomic E-state index is 11.3. The fourth-order valence-electron chi connectivity index (χ4n) is 3.89. The van der Waals surface area contributed by atoms with Crippen LogP contribution in [0.1, 0.15) is 35.7 Å². The lowest BCUT2D eigenvalue weighted by molar-refractivity contribution is -0.125. The van der Waals surface area contributed by atoms with Gasteiger partial charge in [0.15, 0.2) is 11.4 Å². The minimum atomic E-state index is -1.49. The number of rotatable bonds is 4. The number of fused-ring (bicyclic) bond motifs is 1. The number of hydrogen-bond acceptors (Lipinski definition) is 9. The van der Waals surface area contributed by atoms with Gasteiger partial charge >= 0.3 is 0 Å². The highest BCUT2D eigenvalue weighted by Crippen LogP contribution is 2.30. The first-order valence-electron chi connectivity index (χ1n) is 11.0. The molecule has 0 bridgehead atoms. The highest BCUT2D eigenvalue weighted by molar-refractivity contribution is 5.85. The van der Waals surface area contributed by atoms with Crippen molar-refractivity contribution < 1.29 is 19.2 Å². The molecule has 2 atom stereocenters. The minimum Gasteiger partial charge on any atom is -0.372 e. The number of aromatic nitrogens is 5. The van der Waals surface area contributed by atoms with Crippen LogP contribution in [-0.4, -0.2) is 61.0 Å². The van der Waals surface area contributed by atoms with Crippen molar-refractivity contribution in [3.05, 3.63) is 59.2 Å². The highest BCUT2D eigenvalue weighted by atomic mass is 16.5. The zero-order chi connectivity index (χ0) is 24.6. The lowest BCUT2D eigenvalue weighted by Gasteiger charge is -2.29. The van der Waals surface area contributed by atoms with E-state index >= 15 is 0 Å². The Labute approximate surface area is 200 Å². The Bertz CT molecular complexity index is 1460. The van der Waals surface area contributed by atoms with Gasteiger partial charge in [-0.3, -0.25) is 4.79 Å². The zero-order valence-electron chi connectivity index (χ0n) is 19.2. The van der Waals surface area contributed by atoms with Gasteiger partial charge in [-0.15, -0.1) is 0 Å². The number of carbonyl (C=O) groups is 1. The number of morpholine rings is 1. The molecule has 11 nitrogen and oxygen atoms in total. The smallest absolute Gasteiger partial charge is 0.221 e. The molecule has 1 amide bonds. The highest BCUT2D eigenvalue weighted by Gasteiger charge is 2.27. The Morgan fingerprint density at radius 1 is 1.31 bits per heavy atom. The second kappa shape index (κ2) is 8.83. The van der Waals surface area contributed by atoms with Crippen LogP contribution in [0.5, 0.6) is 0 Å². The molecule has 5 rings (SSSR count). The van der Waals surface area contributed by atoms with Crippen LogP contribution in [0.2, 0.25) is 0 Å². The second-order valence-electron chi connectivity index (χ2n) is 8.41. The Morgan fingerprint density at radius 3 is 2.91 bits per heavy atom. The second-order valence-corrected chi connectivity index (χ2v) is 8.41. The molecule has 178 valence electrons. The van der Waals surface area contributed by atoms with Crippen molar-refractivity contribution in [1.29, 1.82) is 0 Å². The van der Waals surface area contributed by atoms with E-state index in [1.165, 1.54) is 0 Å². The largest absolute Gasteiger partial charge is 0.372 e. The van der Waals surface area contributed by atoms with Crippen molar-refractivity contribution >= 4 is 23.3 Å². The van der Waals surface area contributed by atoms with Crippen molar-refractivity contribution in [3.8, 4) is 17.7 Å². The van der Waals surface area contributed by atoms with E-state index in [9.17, 15) is 9.90 Å². The van der Waals surface area contributed by atoms with Gasteiger partial charge in [-0.2, -0.15) is 10.1 Å². The predicted molar refractivity (Wildman–Crippen MR) is 125 cm³/mol. The number of amides is 1. The van der Waals surface area contributed by atoms with Gasteiger partial charge in [-0.05, 0) is 32.0 Å². The minimum absolute atomic E-state index is 0.114. The summed E-state index contributed by atoms with van der Waals surface area (Å²) < 4.78 is 12.7. The van der Waals surface area contributed by atoms with Gasteiger partial charge in [0.05, 0.1) is 18.7 Å². The summed E-state index contributed by atoms with van der Waals surface area (Å²) in [6.07, 6.45) is 1.97. The Morgan fingerprint density at radius 2 is 2.17 bits per heavy atom. The topological polar surface area (TPSA) is 145 Å². The van der Waals surface area contributed by atoms with Crippen LogP contribution < -0.4 is 5.73 Å². The summed E-state index contributed by atoms with van der Waals surface area (Å²) in [5.74, 6) is 7.05. The fourth-order valence-corrected chi connectivity index (χ4v) is 3.89. The van der Waals surface area contributed by atoms with Crippen LogP contribution in [0.3, 0.4) is 0 Å². The van der Waals surface area contributed by atoms with Gasteiger partial charge in [-0.1, -0.05) is 17.0 Å². The summed E-state index contributed by atoms with van der Waals surface area (Å²) in [6, 6.07) is 8.92. The maximum Gasteiger partial charge on any atom is 0.221 e. The van der Waals surface area contributed by atoms with Gasteiger partial charge in [-0.25, -0.2) is 9.67 Å². The Kier molecular flexibility index (Phi) is 5.68. The van der Waals surface area contributed by atoms with Crippen LogP contribution in [0.4, 0.5) is 5.95 Å². The van der Waals surface area contributed by atoms with Crippen LogP contribution in [0, 0.1) is 18.8 Å². The Balaban J connectivity index is 1.60. The van der Waals surface area contributed by atoms with E-state index in [1.807, 2.05) is 18.2 Å². The number of nitrogens with zero attached hydrogens (tertiary/aromatic N) is 6. The molecule has 1 saturated heterocycles. The molecule has 11 heteroatoms. The van der Waals surface area contributed by atoms with E-state index < -0.39 is 11.7 Å². The molecule has 0 radical (unpaired) electrons. The molecule has 1 fully saturated rings. The molecule has 0 saturated carbocycles. The van der Waals surface area contributed by atoms with Gasteiger partial charge < -0.3 is 25.0 Å². The van der Waals surface area contributed by atoms with Crippen LogP contribution in [0.15, 0.2) is 41.1 Å². The number of nitrogen functional groups attached to an aromatic ring is 1. The quantitative estimate of drug-likeness (QED) is 0.332. The SMILES string of the molecule is Cc1cc(C(C)(O)C#Cc2ccc3c(C4CN(C=O)CCO4)nn(-c4ccnc(N)n4)c3c2)no1. The number of aryl methyl sites for hydroxylation is 1. The van der Waals surface area contributed by atoms with Gasteiger partial charge in [0.2, 0.25) is 12.4 Å². The van der Waals surface area contributed by atoms with Gasteiger partial charge in [0, 0.05) is 35.8 Å². The summed E-state index contributed by atoms with van der Waals surface area (Å²) in [5, 5.41) is 20.2. The zero-order valence-corrected chi connectivity index (χ0v) is 19.2. The molecule has 0 spiro atoms. The lowest BCUT2D eigenvalue weighted by Crippen LogP contribution is -2.37. The molecule has 4 aromatic rings. The summed E-state index contributed by atoms with van der Waals surface area (Å²) in [5.41, 5.74) is 6.69.